The van der Waals surface area contributed by atoms with Crippen LogP contribution in [0.1, 0.15) is 24.5 Å². The van der Waals surface area contributed by atoms with Crippen molar-refractivity contribution in [3.63, 3.8) is 0 Å². The van der Waals surface area contributed by atoms with Crippen molar-refractivity contribution >= 4 is 11.7 Å². The van der Waals surface area contributed by atoms with Gasteiger partial charge in [0.1, 0.15) is 6.54 Å². The van der Waals surface area contributed by atoms with Crippen LogP contribution < -0.4 is 4.90 Å². The molecule has 0 aliphatic heterocycles. The fraction of sp³-hybridized carbons (Fsp3) is 0.462. The standard InChI is InChI=1S/C13H19NO2/c1-4-8-14(9-13(15)16)12-7-5-6-10(2)11(12)3/h5-7H,4,8-9H2,1-3H3,(H,15,16). The molecule has 0 aliphatic carbocycles. The number of benzene rings is 1. The van der Waals surface area contributed by atoms with E-state index >= 15 is 0 Å². The number of aliphatic carboxylic acids is 1. The van der Waals surface area contributed by atoms with Gasteiger partial charge in [0.05, 0.1) is 0 Å². The third-order valence-corrected chi connectivity index (χ3v) is 2.74. The molecule has 0 saturated heterocycles. The highest BCUT2D eigenvalue weighted by molar-refractivity contribution is 5.74. The van der Waals surface area contributed by atoms with Crippen LogP contribution in [-0.2, 0) is 4.79 Å². The molecule has 0 spiro atoms. The molecule has 0 unspecified atom stereocenters. The molecule has 0 radical (unpaired) electrons. The first-order valence-electron chi connectivity index (χ1n) is 5.59. The predicted molar refractivity (Wildman–Crippen MR) is 66.1 cm³/mol. The van der Waals surface area contributed by atoms with Crippen LogP contribution in [0.2, 0.25) is 0 Å². The number of hydrogen-bond acceptors (Lipinski definition) is 2. The topological polar surface area (TPSA) is 40.5 Å². The third kappa shape index (κ3) is 2.99. The number of carboxylic acids is 1. The molecule has 0 bridgehead atoms. The van der Waals surface area contributed by atoms with Gasteiger partial charge in [-0.05, 0) is 37.5 Å². The van der Waals surface area contributed by atoms with Gasteiger partial charge in [-0.1, -0.05) is 19.1 Å². The average molecular weight is 221 g/mol. The Balaban J connectivity index is 3.00. The number of carbonyl (C=O) groups is 1. The van der Waals surface area contributed by atoms with E-state index in [2.05, 4.69) is 6.92 Å². The number of anilines is 1. The molecule has 16 heavy (non-hydrogen) atoms. The fourth-order valence-electron chi connectivity index (χ4n) is 1.80. The van der Waals surface area contributed by atoms with Gasteiger partial charge in [0.15, 0.2) is 0 Å². The Hall–Kier alpha value is -1.51. The van der Waals surface area contributed by atoms with E-state index < -0.39 is 5.97 Å². The third-order valence-electron chi connectivity index (χ3n) is 2.74. The molecule has 88 valence electrons. The molecule has 0 fully saturated rings. The number of aryl methyl sites for hydroxylation is 1. The van der Waals surface area contributed by atoms with E-state index in [1.165, 1.54) is 5.56 Å². The Morgan fingerprint density at radius 3 is 2.62 bits per heavy atom. The molecular formula is C13H19NO2. The Kier molecular flexibility index (Phi) is 4.35. The second-order valence-corrected chi connectivity index (χ2v) is 4.03. The summed E-state index contributed by atoms with van der Waals surface area (Å²) in [5.74, 6) is -0.783. The van der Waals surface area contributed by atoms with Crippen LogP contribution in [0.3, 0.4) is 0 Å². The second kappa shape index (κ2) is 5.54. The molecule has 3 heteroatoms. The Labute approximate surface area is 96.7 Å². The van der Waals surface area contributed by atoms with Gasteiger partial charge in [0, 0.05) is 12.2 Å². The minimum Gasteiger partial charge on any atom is -0.480 e. The summed E-state index contributed by atoms with van der Waals surface area (Å²) < 4.78 is 0. The first-order valence-corrected chi connectivity index (χ1v) is 5.59. The number of nitrogens with zero attached hydrogens (tertiary/aromatic N) is 1. The molecule has 3 nitrogen and oxygen atoms in total. The van der Waals surface area contributed by atoms with Crippen LogP contribution in [0.15, 0.2) is 18.2 Å². The zero-order valence-electron chi connectivity index (χ0n) is 10.2. The summed E-state index contributed by atoms with van der Waals surface area (Å²) >= 11 is 0. The van der Waals surface area contributed by atoms with Gasteiger partial charge in [-0.3, -0.25) is 4.79 Å². The molecule has 0 atom stereocenters. The minimum absolute atomic E-state index is 0.0676. The van der Waals surface area contributed by atoms with Crippen molar-refractivity contribution in [1.82, 2.24) is 0 Å². The van der Waals surface area contributed by atoms with Crippen molar-refractivity contribution in [2.75, 3.05) is 18.0 Å². The Morgan fingerprint density at radius 2 is 2.06 bits per heavy atom. The molecule has 0 amide bonds. The summed E-state index contributed by atoms with van der Waals surface area (Å²) in [7, 11) is 0. The molecule has 1 N–H and O–H groups in total. The predicted octanol–water partition coefficient (Wildman–Crippen LogP) is 2.60. The number of hydrogen-bond donors (Lipinski definition) is 1. The van der Waals surface area contributed by atoms with Gasteiger partial charge in [-0.25, -0.2) is 0 Å². The van der Waals surface area contributed by atoms with Crippen LogP contribution in [0.25, 0.3) is 0 Å². The first-order chi connectivity index (χ1) is 7.56. The van der Waals surface area contributed by atoms with Gasteiger partial charge < -0.3 is 10.0 Å². The zero-order chi connectivity index (χ0) is 12.1. The van der Waals surface area contributed by atoms with Crippen molar-refractivity contribution in [2.45, 2.75) is 27.2 Å². The van der Waals surface area contributed by atoms with Crippen molar-refractivity contribution in [1.29, 1.82) is 0 Å². The van der Waals surface area contributed by atoms with Crippen molar-refractivity contribution < 1.29 is 9.90 Å². The van der Waals surface area contributed by atoms with Crippen LogP contribution in [0, 0.1) is 13.8 Å². The molecular weight excluding hydrogens is 202 g/mol. The lowest BCUT2D eigenvalue weighted by Crippen LogP contribution is -2.31. The van der Waals surface area contributed by atoms with Crippen LogP contribution >= 0.6 is 0 Å². The summed E-state index contributed by atoms with van der Waals surface area (Å²) in [5.41, 5.74) is 3.39. The Bertz CT molecular complexity index is 374. The Morgan fingerprint density at radius 1 is 1.38 bits per heavy atom. The van der Waals surface area contributed by atoms with E-state index in [-0.39, 0.29) is 6.54 Å². The lowest BCUT2D eigenvalue weighted by molar-refractivity contribution is -0.135. The van der Waals surface area contributed by atoms with Gasteiger partial charge in [-0.2, -0.15) is 0 Å². The van der Waals surface area contributed by atoms with Gasteiger partial charge in [-0.15, -0.1) is 0 Å². The average Bonchev–Trinajstić information content (AvgIpc) is 2.21. The number of rotatable bonds is 5. The first kappa shape index (κ1) is 12.6. The van der Waals surface area contributed by atoms with Crippen molar-refractivity contribution in [2.24, 2.45) is 0 Å². The number of carboxylic acid groups (broad SMARTS) is 1. The quantitative estimate of drug-likeness (QED) is 0.830. The SMILES string of the molecule is CCCN(CC(=O)O)c1cccc(C)c1C. The maximum absolute atomic E-state index is 10.8. The van der Waals surface area contributed by atoms with E-state index in [1.54, 1.807) is 0 Å². The van der Waals surface area contributed by atoms with Crippen molar-refractivity contribution in [3.05, 3.63) is 29.3 Å². The molecule has 0 saturated carbocycles. The molecule has 1 rings (SSSR count). The molecule has 1 aromatic rings. The lowest BCUT2D eigenvalue weighted by atomic mass is 10.1. The zero-order valence-corrected chi connectivity index (χ0v) is 10.2. The van der Waals surface area contributed by atoms with Crippen LogP contribution in [-0.4, -0.2) is 24.2 Å². The molecule has 0 aliphatic rings. The molecule has 1 aromatic carbocycles. The van der Waals surface area contributed by atoms with Crippen LogP contribution in [0.4, 0.5) is 5.69 Å². The van der Waals surface area contributed by atoms with E-state index in [1.807, 2.05) is 36.9 Å². The van der Waals surface area contributed by atoms with E-state index in [0.29, 0.717) is 0 Å². The monoisotopic (exact) mass is 221 g/mol. The highest BCUT2D eigenvalue weighted by Crippen LogP contribution is 2.22. The highest BCUT2D eigenvalue weighted by Gasteiger charge is 2.12. The van der Waals surface area contributed by atoms with E-state index in [0.717, 1.165) is 24.2 Å². The van der Waals surface area contributed by atoms with E-state index in [4.69, 9.17) is 5.11 Å². The fourth-order valence-corrected chi connectivity index (χ4v) is 1.80. The summed E-state index contributed by atoms with van der Waals surface area (Å²) in [4.78, 5) is 12.7. The second-order valence-electron chi connectivity index (χ2n) is 4.03. The van der Waals surface area contributed by atoms with Gasteiger partial charge >= 0.3 is 5.97 Å². The van der Waals surface area contributed by atoms with Gasteiger partial charge in [0.25, 0.3) is 0 Å². The van der Waals surface area contributed by atoms with Gasteiger partial charge in [0.2, 0.25) is 0 Å². The molecule has 0 heterocycles. The summed E-state index contributed by atoms with van der Waals surface area (Å²) in [6, 6.07) is 6.01. The minimum atomic E-state index is -0.783. The smallest absolute Gasteiger partial charge is 0.323 e. The molecule has 0 aromatic heterocycles. The lowest BCUT2D eigenvalue weighted by Gasteiger charge is -2.24. The van der Waals surface area contributed by atoms with Crippen LogP contribution in [0.5, 0.6) is 0 Å². The largest absolute Gasteiger partial charge is 0.480 e. The van der Waals surface area contributed by atoms with Crippen molar-refractivity contribution in [3.8, 4) is 0 Å². The maximum Gasteiger partial charge on any atom is 0.323 e. The highest BCUT2D eigenvalue weighted by atomic mass is 16.4. The maximum atomic E-state index is 10.8. The van der Waals surface area contributed by atoms with E-state index in [9.17, 15) is 4.79 Å². The summed E-state index contributed by atoms with van der Waals surface area (Å²) in [5, 5.41) is 8.89. The summed E-state index contributed by atoms with van der Waals surface area (Å²) in [6.45, 7) is 6.98. The summed E-state index contributed by atoms with van der Waals surface area (Å²) in [6.07, 6.45) is 0.945. The normalized spacial score (nSPS) is 10.2.